The summed E-state index contributed by atoms with van der Waals surface area (Å²) in [7, 11) is 0. The van der Waals surface area contributed by atoms with Crippen LogP contribution in [0, 0.1) is 5.82 Å². The summed E-state index contributed by atoms with van der Waals surface area (Å²) in [6.07, 6.45) is 1.87. The molecule has 1 rings (SSSR count). The summed E-state index contributed by atoms with van der Waals surface area (Å²) in [6.45, 7) is 0.566. The molecule has 0 saturated carbocycles. The number of nitrogens with one attached hydrogen (secondary N) is 1. The maximum absolute atomic E-state index is 13.5. The first kappa shape index (κ1) is 13.6. The van der Waals surface area contributed by atoms with Crippen LogP contribution in [0.3, 0.4) is 0 Å². The molecule has 0 aliphatic carbocycles. The minimum Gasteiger partial charge on any atom is -0.352 e. The molecule has 0 saturated heterocycles. The van der Waals surface area contributed by atoms with Crippen molar-refractivity contribution in [1.29, 1.82) is 0 Å². The SMILES string of the molecule is O=C(NCCCCBr)c1cccc(Br)c1F. The molecule has 1 amide bonds. The fraction of sp³-hybridized carbons (Fsp3) is 0.364. The van der Waals surface area contributed by atoms with Gasteiger partial charge in [-0.05, 0) is 40.9 Å². The van der Waals surface area contributed by atoms with Crippen LogP contribution in [0.5, 0.6) is 0 Å². The second kappa shape index (κ2) is 7.01. The van der Waals surface area contributed by atoms with Gasteiger partial charge in [-0.3, -0.25) is 4.79 Å². The summed E-state index contributed by atoms with van der Waals surface area (Å²) >= 11 is 6.35. The van der Waals surface area contributed by atoms with Gasteiger partial charge in [0.1, 0.15) is 5.82 Å². The molecule has 0 fully saturated rings. The summed E-state index contributed by atoms with van der Waals surface area (Å²) in [5, 5.41) is 3.59. The van der Waals surface area contributed by atoms with Crippen molar-refractivity contribution in [3.05, 3.63) is 34.1 Å². The highest BCUT2D eigenvalue weighted by molar-refractivity contribution is 9.10. The Morgan fingerprint density at radius 3 is 2.81 bits per heavy atom. The average molecular weight is 353 g/mol. The Hall–Kier alpha value is -0.420. The van der Waals surface area contributed by atoms with Gasteiger partial charge in [0.25, 0.3) is 5.91 Å². The summed E-state index contributed by atoms with van der Waals surface area (Å²) < 4.78 is 13.8. The Bertz CT molecular complexity index is 371. The molecule has 0 bridgehead atoms. The molecule has 0 heterocycles. The fourth-order valence-corrected chi connectivity index (χ4v) is 1.96. The molecule has 0 aliphatic heterocycles. The number of benzene rings is 1. The number of unbranched alkanes of at least 4 members (excludes halogenated alkanes) is 1. The van der Waals surface area contributed by atoms with Crippen LogP contribution in [-0.4, -0.2) is 17.8 Å². The zero-order valence-corrected chi connectivity index (χ0v) is 11.8. The summed E-state index contributed by atoms with van der Waals surface area (Å²) in [5.41, 5.74) is 0.0771. The highest BCUT2D eigenvalue weighted by Crippen LogP contribution is 2.18. The van der Waals surface area contributed by atoms with Gasteiger partial charge in [0.05, 0.1) is 10.0 Å². The largest absolute Gasteiger partial charge is 0.352 e. The zero-order valence-electron chi connectivity index (χ0n) is 8.60. The molecule has 1 aromatic rings. The molecule has 16 heavy (non-hydrogen) atoms. The number of carbonyl (C=O) groups excluding carboxylic acids is 1. The van der Waals surface area contributed by atoms with Crippen molar-refractivity contribution in [2.45, 2.75) is 12.8 Å². The minimum absolute atomic E-state index is 0.0771. The Morgan fingerprint density at radius 1 is 1.38 bits per heavy atom. The van der Waals surface area contributed by atoms with Crippen molar-refractivity contribution in [2.75, 3.05) is 11.9 Å². The smallest absolute Gasteiger partial charge is 0.254 e. The highest BCUT2D eigenvalue weighted by Gasteiger charge is 2.12. The van der Waals surface area contributed by atoms with Gasteiger partial charge in [0.15, 0.2) is 0 Å². The predicted molar refractivity (Wildman–Crippen MR) is 69.5 cm³/mol. The first-order valence-electron chi connectivity index (χ1n) is 4.95. The Labute approximate surface area is 111 Å². The molecule has 0 atom stereocenters. The summed E-state index contributed by atoms with van der Waals surface area (Å²) in [6, 6.07) is 4.68. The molecule has 0 aromatic heterocycles. The van der Waals surface area contributed by atoms with E-state index in [1.165, 1.54) is 6.07 Å². The highest BCUT2D eigenvalue weighted by atomic mass is 79.9. The number of carbonyl (C=O) groups is 1. The average Bonchev–Trinajstić information content (AvgIpc) is 2.28. The van der Waals surface area contributed by atoms with E-state index in [9.17, 15) is 9.18 Å². The first-order valence-corrected chi connectivity index (χ1v) is 6.86. The first-order chi connectivity index (χ1) is 7.66. The number of rotatable bonds is 5. The van der Waals surface area contributed by atoms with Crippen molar-refractivity contribution < 1.29 is 9.18 Å². The van der Waals surface area contributed by atoms with Gasteiger partial charge in [-0.2, -0.15) is 0 Å². The van der Waals surface area contributed by atoms with Gasteiger partial charge in [0.2, 0.25) is 0 Å². The van der Waals surface area contributed by atoms with Crippen LogP contribution in [0.1, 0.15) is 23.2 Å². The van der Waals surface area contributed by atoms with Gasteiger partial charge in [-0.1, -0.05) is 22.0 Å². The number of halogens is 3. The van der Waals surface area contributed by atoms with E-state index in [0.29, 0.717) is 11.0 Å². The minimum atomic E-state index is -0.513. The van der Waals surface area contributed by atoms with Crippen LogP contribution in [-0.2, 0) is 0 Å². The summed E-state index contributed by atoms with van der Waals surface area (Å²) in [4.78, 5) is 11.6. The second-order valence-electron chi connectivity index (χ2n) is 3.25. The quantitative estimate of drug-likeness (QED) is 0.637. The Morgan fingerprint density at radius 2 is 2.12 bits per heavy atom. The second-order valence-corrected chi connectivity index (χ2v) is 4.90. The van der Waals surface area contributed by atoms with Crippen molar-refractivity contribution in [1.82, 2.24) is 5.32 Å². The van der Waals surface area contributed by atoms with Crippen molar-refractivity contribution in [3.63, 3.8) is 0 Å². The van der Waals surface area contributed by atoms with E-state index in [4.69, 9.17) is 0 Å². The van der Waals surface area contributed by atoms with Gasteiger partial charge in [0, 0.05) is 11.9 Å². The molecule has 0 aliphatic rings. The van der Waals surface area contributed by atoms with Gasteiger partial charge in [-0.25, -0.2) is 4.39 Å². The molecular formula is C11H12Br2FNO. The molecule has 0 spiro atoms. The lowest BCUT2D eigenvalue weighted by Gasteiger charge is -2.06. The Balaban J connectivity index is 2.56. The van der Waals surface area contributed by atoms with Crippen LogP contribution in [0.25, 0.3) is 0 Å². The van der Waals surface area contributed by atoms with E-state index in [0.717, 1.165) is 18.2 Å². The third kappa shape index (κ3) is 3.87. The van der Waals surface area contributed by atoms with Crippen LogP contribution in [0.4, 0.5) is 4.39 Å². The number of hydrogen-bond donors (Lipinski definition) is 1. The van der Waals surface area contributed by atoms with E-state index in [-0.39, 0.29) is 11.5 Å². The van der Waals surface area contributed by atoms with Gasteiger partial charge >= 0.3 is 0 Å². The maximum Gasteiger partial charge on any atom is 0.254 e. The third-order valence-electron chi connectivity index (χ3n) is 2.04. The lowest BCUT2D eigenvalue weighted by molar-refractivity contribution is 0.0949. The number of alkyl halides is 1. The van der Waals surface area contributed by atoms with Crippen LogP contribution < -0.4 is 5.32 Å². The lowest BCUT2D eigenvalue weighted by atomic mass is 10.2. The molecule has 2 nitrogen and oxygen atoms in total. The number of amides is 1. The molecule has 0 radical (unpaired) electrons. The normalized spacial score (nSPS) is 10.2. The topological polar surface area (TPSA) is 29.1 Å². The maximum atomic E-state index is 13.5. The third-order valence-corrected chi connectivity index (χ3v) is 3.22. The van der Waals surface area contributed by atoms with Gasteiger partial charge in [-0.15, -0.1) is 0 Å². The molecule has 0 unspecified atom stereocenters. The van der Waals surface area contributed by atoms with E-state index < -0.39 is 5.82 Å². The zero-order chi connectivity index (χ0) is 12.0. The van der Waals surface area contributed by atoms with Crippen LogP contribution in [0.15, 0.2) is 22.7 Å². The summed E-state index contributed by atoms with van der Waals surface area (Å²) in [5.74, 6) is -0.881. The molecular weight excluding hydrogens is 341 g/mol. The van der Waals surface area contributed by atoms with Crippen molar-refractivity contribution in [3.8, 4) is 0 Å². The molecule has 88 valence electrons. The molecule has 1 aromatic carbocycles. The standard InChI is InChI=1S/C11H12Br2FNO/c12-6-1-2-7-15-11(16)8-4-3-5-9(13)10(8)14/h3-5H,1-2,6-7H2,(H,15,16). The van der Waals surface area contributed by atoms with E-state index in [1.54, 1.807) is 12.1 Å². The van der Waals surface area contributed by atoms with Crippen molar-refractivity contribution >= 4 is 37.8 Å². The van der Waals surface area contributed by atoms with E-state index in [2.05, 4.69) is 37.2 Å². The molecule has 5 heteroatoms. The number of hydrogen-bond acceptors (Lipinski definition) is 1. The molecule has 1 N–H and O–H groups in total. The Kier molecular flexibility index (Phi) is 5.98. The van der Waals surface area contributed by atoms with E-state index in [1.807, 2.05) is 0 Å². The predicted octanol–water partition coefficient (Wildman–Crippen LogP) is 3.49. The monoisotopic (exact) mass is 351 g/mol. The lowest BCUT2D eigenvalue weighted by Crippen LogP contribution is -2.25. The van der Waals surface area contributed by atoms with Crippen molar-refractivity contribution in [2.24, 2.45) is 0 Å². The van der Waals surface area contributed by atoms with Crippen LogP contribution >= 0.6 is 31.9 Å². The fourth-order valence-electron chi connectivity index (χ4n) is 1.20. The van der Waals surface area contributed by atoms with Gasteiger partial charge < -0.3 is 5.32 Å². The van der Waals surface area contributed by atoms with Crippen LogP contribution in [0.2, 0.25) is 0 Å². The van der Waals surface area contributed by atoms with E-state index >= 15 is 0 Å².